The number of anilines is 1. The summed E-state index contributed by atoms with van der Waals surface area (Å²) in [6.07, 6.45) is 0.0926. The maximum Gasteiger partial charge on any atom is 0.298 e. The number of para-hydroxylation sites is 1. The number of carbonyl (C=O) groups is 1. The zero-order valence-electron chi connectivity index (χ0n) is 13.6. The van der Waals surface area contributed by atoms with Crippen LogP contribution >= 0.6 is 0 Å². The minimum Gasteiger partial charge on any atom is -0.409 e. The number of fused-ring (bicyclic) bond motifs is 1. The third-order valence-electron chi connectivity index (χ3n) is 4.25. The van der Waals surface area contributed by atoms with Crippen LogP contribution in [-0.2, 0) is 16.1 Å². The molecule has 3 rings (SSSR count). The molecule has 23 heavy (non-hydrogen) atoms. The van der Waals surface area contributed by atoms with Crippen molar-refractivity contribution in [3.8, 4) is 0 Å². The number of nitrogens with zero attached hydrogens (tertiary/aromatic N) is 4. The Morgan fingerprint density at radius 1 is 1.22 bits per heavy atom. The monoisotopic (exact) mass is 318 g/mol. The Morgan fingerprint density at radius 3 is 2.52 bits per heavy atom. The van der Waals surface area contributed by atoms with Gasteiger partial charge >= 0.3 is 0 Å². The molecule has 0 bridgehead atoms. The fourth-order valence-electron chi connectivity index (χ4n) is 3.25. The number of amides is 1. The number of hydrogen-bond acceptors (Lipinski definition) is 5. The Hall–Kier alpha value is -2.12. The van der Waals surface area contributed by atoms with E-state index in [2.05, 4.69) is 5.16 Å². The lowest BCUT2D eigenvalue weighted by atomic mass is 10.1. The first-order chi connectivity index (χ1) is 11.0. The average Bonchev–Trinajstić information content (AvgIpc) is 2.63. The van der Waals surface area contributed by atoms with Crippen molar-refractivity contribution in [1.82, 2.24) is 10.0 Å². The highest BCUT2D eigenvalue weighted by molar-refractivity contribution is 6.42. The van der Waals surface area contributed by atoms with Crippen LogP contribution < -0.4 is 4.90 Å². The fourth-order valence-corrected chi connectivity index (χ4v) is 3.25. The molecule has 124 valence electrons. The SMILES string of the molecule is C[C@@H]1CN(N2Cc3ccccc3N(C)C(=O)C2=NO)C[C@H](C)O1. The van der Waals surface area contributed by atoms with Crippen molar-refractivity contribution in [3.63, 3.8) is 0 Å². The summed E-state index contributed by atoms with van der Waals surface area (Å²) in [6, 6.07) is 7.73. The van der Waals surface area contributed by atoms with Crippen LogP contribution in [0.2, 0.25) is 0 Å². The summed E-state index contributed by atoms with van der Waals surface area (Å²) in [7, 11) is 1.69. The van der Waals surface area contributed by atoms with Gasteiger partial charge in [0.2, 0.25) is 5.84 Å². The van der Waals surface area contributed by atoms with E-state index < -0.39 is 0 Å². The van der Waals surface area contributed by atoms with Crippen molar-refractivity contribution < 1.29 is 14.7 Å². The van der Waals surface area contributed by atoms with Crippen molar-refractivity contribution >= 4 is 17.4 Å². The third kappa shape index (κ3) is 2.89. The molecule has 2 aliphatic rings. The molecular formula is C16H22N4O3. The van der Waals surface area contributed by atoms with Crippen LogP contribution in [0.4, 0.5) is 5.69 Å². The van der Waals surface area contributed by atoms with E-state index in [1.165, 1.54) is 4.90 Å². The van der Waals surface area contributed by atoms with Crippen LogP contribution in [0, 0.1) is 0 Å². The summed E-state index contributed by atoms with van der Waals surface area (Å²) in [4.78, 5) is 14.2. The number of likely N-dealkylation sites (N-methyl/N-ethyl adjacent to an activating group) is 1. The lowest BCUT2D eigenvalue weighted by Crippen LogP contribution is -2.57. The minimum atomic E-state index is -0.329. The summed E-state index contributed by atoms with van der Waals surface area (Å²) in [6.45, 7) is 5.76. The van der Waals surface area contributed by atoms with E-state index in [1.54, 1.807) is 12.1 Å². The molecule has 1 aromatic rings. The van der Waals surface area contributed by atoms with Crippen LogP contribution in [0.3, 0.4) is 0 Å². The molecular weight excluding hydrogens is 296 g/mol. The first-order valence-electron chi connectivity index (χ1n) is 7.77. The Labute approximate surface area is 135 Å². The second kappa shape index (κ2) is 6.17. The van der Waals surface area contributed by atoms with Gasteiger partial charge in [-0.15, -0.1) is 0 Å². The number of amidine groups is 1. The van der Waals surface area contributed by atoms with Gasteiger partial charge in [-0.2, -0.15) is 0 Å². The van der Waals surface area contributed by atoms with Crippen LogP contribution in [0.25, 0.3) is 0 Å². The Morgan fingerprint density at radius 2 is 1.87 bits per heavy atom. The first kappa shape index (κ1) is 15.8. The van der Waals surface area contributed by atoms with Gasteiger partial charge in [0.05, 0.1) is 18.8 Å². The van der Waals surface area contributed by atoms with E-state index >= 15 is 0 Å². The normalized spacial score (nSPS) is 28.0. The Bertz CT molecular complexity index is 624. The smallest absolute Gasteiger partial charge is 0.298 e. The number of carbonyl (C=O) groups excluding carboxylic acids is 1. The molecule has 7 heteroatoms. The van der Waals surface area contributed by atoms with Gasteiger partial charge in [0.15, 0.2) is 0 Å². The van der Waals surface area contributed by atoms with Gasteiger partial charge in [-0.05, 0) is 25.5 Å². The topological polar surface area (TPSA) is 68.6 Å². The van der Waals surface area contributed by atoms with E-state index in [0.717, 1.165) is 11.3 Å². The molecule has 2 aliphatic heterocycles. The molecule has 1 N–H and O–H groups in total. The predicted molar refractivity (Wildman–Crippen MR) is 86.2 cm³/mol. The molecule has 2 atom stereocenters. The molecule has 1 aromatic carbocycles. The highest BCUT2D eigenvalue weighted by Crippen LogP contribution is 2.27. The summed E-state index contributed by atoms with van der Waals surface area (Å²) in [5, 5.41) is 16.5. The zero-order valence-corrected chi connectivity index (χ0v) is 13.6. The molecule has 7 nitrogen and oxygen atoms in total. The van der Waals surface area contributed by atoms with Crippen LogP contribution in [-0.4, -0.2) is 59.3 Å². The molecule has 1 saturated heterocycles. The van der Waals surface area contributed by atoms with E-state index in [0.29, 0.717) is 19.6 Å². The van der Waals surface area contributed by atoms with Crippen molar-refractivity contribution in [1.29, 1.82) is 0 Å². The highest BCUT2D eigenvalue weighted by atomic mass is 16.5. The van der Waals surface area contributed by atoms with E-state index in [9.17, 15) is 10.0 Å². The molecule has 0 aliphatic carbocycles. The molecule has 0 unspecified atom stereocenters. The molecule has 0 radical (unpaired) electrons. The highest BCUT2D eigenvalue weighted by Gasteiger charge is 2.36. The summed E-state index contributed by atoms with van der Waals surface area (Å²) >= 11 is 0. The summed E-state index contributed by atoms with van der Waals surface area (Å²) in [5.74, 6) is -0.297. The van der Waals surface area contributed by atoms with Crippen LogP contribution in [0.15, 0.2) is 29.4 Å². The van der Waals surface area contributed by atoms with Crippen molar-refractivity contribution in [2.45, 2.75) is 32.6 Å². The second-order valence-corrected chi connectivity index (χ2v) is 6.10. The van der Waals surface area contributed by atoms with E-state index in [-0.39, 0.29) is 24.0 Å². The van der Waals surface area contributed by atoms with Crippen LogP contribution in [0.1, 0.15) is 19.4 Å². The predicted octanol–water partition coefficient (Wildman–Crippen LogP) is 1.28. The van der Waals surface area contributed by atoms with Gasteiger partial charge in [0.25, 0.3) is 5.91 Å². The number of hydrazine groups is 1. The Kier molecular flexibility index (Phi) is 4.23. The standard InChI is InChI=1S/C16H22N4O3/c1-11-8-19(9-12(2)23-11)20-10-13-6-4-5-7-14(13)18(3)16(21)15(20)17-22/h4-7,11-12,22H,8-10H2,1-3H3/t11-,12+. The lowest BCUT2D eigenvalue weighted by molar-refractivity contribution is -0.130. The zero-order chi connectivity index (χ0) is 16.6. The largest absolute Gasteiger partial charge is 0.409 e. The first-order valence-corrected chi connectivity index (χ1v) is 7.77. The van der Waals surface area contributed by atoms with E-state index in [1.807, 2.05) is 43.1 Å². The van der Waals surface area contributed by atoms with Gasteiger partial charge in [0, 0.05) is 25.8 Å². The minimum absolute atomic E-state index is 0.0324. The van der Waals surface area contributed by atoms with Crippen molar-refractivity contribution in [3.05, 3.63) is 29.8 Å². The number of ether oxygens (including phenoxy) is 1. The molecule has 2 heterocycles. The fraction of sp³-hybridized carbons (Fsp3) is 0.500. The maximum absolute atomic E-state index is 12.7. The number of morpholine rings is 1. The lowest BCUT2D eigenvalue weighted by Gasteiger charge is -2.42. The molecule has 0 saturated carbocycles. The number of benzene rings is 1. The van der Waals surface area contributed by atoms with Gasteiger partial charge in [-0.1, -0.05) is 23.4 Å². The quantitative estimate of drug-likeness (QED) is 0.624. The third-order valence-corrected chi connectivity index (χ3v) is 4.25. The Balaban J connectivity index is 2.00. The number of oxime groups is 1. The summed E-state index contributed by atoms with van der Waals surface area (Å²) < 4.78 is 5.76. The second-order valence-electron chi connectivity index (χ2n) is 6.10. The van der Waals surface area contributed by atoms with E-state index in [4.69, 9.17) is 4.74 Å². The summed E-state index contributed by atoms with van der Waals surface area (Å²) in [5.41, 5.74) is 1.84. The van der Waals surface area contributed by atoms with Gasteiger partial charge in [-0.3, -0.25) is 9.80 Å². The van der Waals surface area contributed by atoms with Gasteiger partial charge in [-0.25, -0.2) is 5.01 Å². The van der Waals surface area contributed by atoms with Crippen molar-refractivity contribution in [2.24, 2.45) is 5.16 Å². The molecule has 0 spiro atoms. The van der Waals surface area contributed by atoms with Gasteiger partial charge in [0.1, 0.15) is 0 Å². The number of hydrogen-bond donors (Lipinski definition) is 1. The molecule has 0 aromatic heterocycles. The molecule has 1 amide bonds. The van der Waals surface area contributed by atoms with Crippen molar-refractivity contribution in [2.75, 3.05) is 25.0 Å². The number of rotatable bonds is 1. The average molecular weight is 318 g/mol. The van der Waals surface area contributed by atoms with Crippen LogP contribution in [0.5, 0.6) is 0 Å². The maximum atomic E-state index is 12.7. The molecule has 1 fully saturated rings. The van der Waals surface area contributed by atoms with Gasteiger partial charge < -0.3 is 14.8 Å².